The molecule has 3 heteroatoms. The van der Waals surface area contributed by atoms with E-state index in [2.05, 4.69) is 24.8 Å². The maximum atomic E-state index is 10.2. The Hall–Kier alpha value is -1.06. The minimum atomic E-state index is -0.383. The van der Waals surface area contributed by atoms with Crippen LogP contribution >= 0.6 is 0 Å². The molecule has 0 radical (unpaired) electrons. The molecule has 2 unspecified atom stereocenters. The summed E-state index contributed by atoms with van der Waals surface area (Å²) in [6.45, 7) is 7.98. The zero-order valence-corrected chi connectivity index (χ0v) is 12.2. The second-order valence-corrected chi connectivity index (χ2v) is 5.34. The third kappa shape index (κ3) is 3.10. The summed E-state index contributed by atoms with van der Waals surface area (Å²) in [6.07, 6.45) is 1.67. The van der Waals surface area contributed by atoms with Gasteiger partial charge < -0.3 is 14.7 Å². The Morgan fingerprint density at radius 2 is 2.11 bits per heavy atom. The van der Waals surface area contributed by atoms with E-state index < -0.39 is 0 Å². The van der Waals surface area contributed by atoms with Crippen LogP contribution in [0.3, 0.4) is 0 Å². The first-order chi connectivity index (χ1) is 9.17. The van der Waals surface area contributed by atoms with Crippen LogP contribution in [0, 0.1) is 0 Å². The molecule has 0 amide bonds. The van der Waals surface area contributed by atoms with Crippen LogP contribution in [0.15, 0.2) is 24.3 Å². The molecule has 3 nitrogen and oxygen atoms in total. The molecule has 0 bridgehead atoms. The van der Waals surface area contributed by atoms with E-state index in [0.717, 1.165) is 31.6 Å². The number of rotatable bonds is 4. The first-order valence-electron chi connectivity index (χ1n) is 7.32. The summed E-state index contributed by atoms with van der Waals surface area (Å²) in [4.78, 5) is 2.41. The largest absolute Gasteiger partial charge is 0.388 e. The first-order valence-corrected chi connectivity index (χ1v) is 7.32. The van der Waals surface area contributed by atoms with Gasteiger partial charge in [-0.2, -0.15) is 0 Å². The van der Waals surface area contributed by atoms with E-state index in [1.165, 1.54) is 5.69 Å². The molecule has 0 aliphatic carbocycles. The number of hydrogen-bond donors (Lipinski definition) is 1. The van der Waals surface area contributed by atoms with Crippen molar-refractivity contribution in [3.05, 3.63) is 29.8 Å². The molecule has 0 spiro atoms. The number of benzene rings is 1. The smallest absolute Gasteiger partial charge is 0.0807 e. The number of anilines is 1. The summed E-state index contributed by atoms with van der Waals surface area (Å²) in [7, 11) is 0. The van der Waals surface area contributed by atoms with Crippen LogP contribution in [0.2, 0.25) is 0 Å². The third-order valence-corrected chi connectivity index (χ3v) is 3.93. The van der Waals surface area contributed by atoms with Gasteiger partial charge in [0, 0.05) is 17.8 Å². The molecule has 106 valence electrons. The Morgan fingerprint density at radius 1 is 1.37 bits per heavy atom. The van der Waals surface area contributed by atoms with Crippen LogP contribution in [0.1, 0.15) is 45.3 Å². The fourth-order valence-corrected chi connectivity index (χ4v) is 2.73. The molecule has 1 aromatic rings. The van der Waals surface area contributed by atoms with Gasteiger partial charge in [-0.3, -0.25) is 0 Å². The van der Waals surface area contributed by atoms with Crippen LogP contribution in [0.25, 0.3) is 0 Å². The molecule has 1 aliphatic rings. The van der Waals surface area contributed by atoms with E-state index in [4.69, 9.17) is 4.74 Å². The molecule has 1 aromatic carbocycles. The molecule has 0 saturated carbocycles. The summed E-state index contributed by atoms with van der Waals surface area (Å²) in [5, 5.41) is 10.2. The lowest BCUT2D eigenvalue weighted by Crippen LogP contribution is -2.49. The molecular weight excluding hydrogens is 238 g/mol. The lowest BCUT2D eigenvalue weighted by atomic mass is 10.0. The number of ether oxygens (including phenoxy) is 1. The topological polar surface area (TPSA) is 32.7 Å². The molecule has 19 heavy (non-hydrogen) atoms. The van der Waals surface area contributed by atoms with Gasteiger partial charge >= 0.3 is 0 Å². The normalized spacial score (nSPS) is 25.4. The Labute approximate surface area is 116 Å². The monoisotopic (exact) mass is 263 g/mol. The van der Waals surface area contributed by atoms with Crippen molar-refractivity contribution in [3.8, 4) is 0 Å². The van der Waals surface area contributed by atoms with Crippen molar-refractivity contribution in [3.63, 3.8) is 0 Å². The highest BCUT2D eigenvalue weighted by Crippen LogP contribution is 2.31. The number of nitrogens with zero attached hydrogens (tertiary/aromatic N) is 1. The fourth-order valence-electron chi connectivity index (χ4n) is 2.73. The van der Waals surface area contributed by atoms with E-state index in [1.807, 2.05) is 25.1 Å². The number of morpholine rings is 1. The Balaban J connectivity index is 2.33. The van der Waals surface area contributed by atoms with Crippen LogP contribution in [0.4, 0.5) is 5.69 Å². The summed E-state index contributed by atoms with van der Waals surface area (Å²) in [5.41, 5.74) is 2.20. The van der Waals surface area contributed by atoms with Gasteiger partial charge in [0.1, 0.15) is 0 Å². The average molecular weight is 263 g/mol. The van der Waals surface area contributed by atoms with Crippen LogP contribution in [-0.2, 0) is 4.74 Å². The molecule has 1 fully saturated rings. The molecule has 3 atom stereocenters. The zero-order valence-electron chi connectivity index (χ0n) is 12.2. The highest BCUT2D eigenvalue weighted by molar-refractivity contribution is 5.56. The lowest BCUT2D eigenvalue weighted by molar-refractivity contribution is 0.0296. The van der Waals surface area contributed by atoms with Gasteiger partial charge in [-0.1, -0.05) is 32.0 Å². The van der Waals surface area contributed by atoms with Crippen molar-refractivity contribution in [2.24, 2.45) is 0 Å². The van der Waals surface area contributed by atoms with Crippen LogP contribution < -0.4 is 4.90 Å². The number of para-hydroxylation sites is 1. The number of aliphatic hydroxyl groups is 1. The summed E-state index contributed by atoms with van der Waals surface area (Å²) >= 11 is 0. The van der Waals surface area contributed by atoms with Gasteiger partial charge in [-0.15, -0.1) is 0 Å². The summed E-state index contributed by atoms with van der Waals surface area (Å²) in [6, 6.07) is 8.61. The third-order valence-electron chi connectivity index (χ3n) is 3.93. The van der Waals surface area contributed by atoms with E-state index in [-0.39, 0.29) is 12.2 Å². The Bertz CT molecular complexity index is 407. The van der Waals surface area contributed by atoms with Crippen molar-refractivity contribution in [1.82, 2.24) is 0 Å². The molecule has 1 aliphatic heterocycles. The minimum absolute atomic E-state index is 0.245. The molecular formula is C16H25NO2. The van der Waals surface area contributed by atoms with Crippen molar-refractivity contribution in [1.29, 1.82) is 0 Å². The van der Waals surface area contributed by atoms with Crippen molar-refractivity contribution in [2.75, 3.05) is 18.1 Å². The first kappa shape index (κ1) is 14.4. The second-order valence-electron chi connectivity index (χ2n) is 5.34. The van der Waals surface area contributed by atoms with Crippen LogP contribution in [0.5, 0.6) is 0 Å². The second kappa shape index (κ2) is 6.40. The van der Waals surface area contributed by atoms with E-state index >= 15 is 0 Å². The highest BCUT2D eigenvalue weighted by Gasteiger charge is 2.27. The quantitative estimate of drug-likeness (QED) is 0.906. The van der Waals surface area contributed by atoms with Gasteiger partial charge in [0.05, 0.1) is 24.9 Å². The van der Waals surface area contributed by atoms with Crippen LogP contribution in [-0.4, -0.2) is 30.4 Å². The van der Waals surface area contributed by atoms with Gasteiger partial charge in [0.2, 0.25) is 0 Å². The summed E-state index contributed by atoms with van der Waals surface area (Å²) < 4.78 is 5.76. The van der Waals surface area contributed by atoms with Gasteiger partial charge in [-0.25, -0.2) is 0 Å². The van der Waals surface area contributed by atoms with Gasteiger partial charge in [0.25, 0.3) is 0 Å². The predicted molar refractivity (Wildman–Crippen MR) is 78.5 cm³/mol. The Morgan fingerprint density at radius 3 is 2.79 bits per heavy atom. The number of aliphatic hydroxyl groups excluding tert-OH is 1. The standard InChI is InChI=1S/C16H25NO2/c1-4-13-11-19-12(3)10-17(13)15-9-7-6-8-14(15)16(18)5-2/h6-9,12-13,16,18H,4-5,10-11H2,1-3H3/t12?,13?,16-/m0/s1. The highest BCUT2D eigenvalue weighted by atomic mass is 16.5. The average Bonchev–Trinajstić information content (AvgIpc) is 2.46. The Kier molecular flexibility index (Phi) is 4.83. The maximum absolute atomic E-state index is 10.2. The molecule has 1 heterocycles. The summed E-state index contributed by atoms with van der Waals surface area (Å²) in [5.74, 6) is 0. The minimum Gasteiger partial charge on any atom is -0.388 e. The van der Waals surface area contributed by atoms with E-state index in [9.17, 15) is 5.11 Å². The van der Waals surface area contributed by atoms with E-state index in [0.29, 0.717) is 6.04 Å². The van der Waals surface area contributed by atoms with E-state index in [1.54, 1.807) is 0 Å². The fraction of sp³-hybridized carbons (Fsp3) is 0.625. The molecule has 2 rings (SSSR count). The maximum Gasteiger partial charge on any atom is 0.0807 e. The number of hydrogen-bond acceptors (Lipinski definition) is 3. The predicted octanol–water partition coefficient (Wildman–Crippen LogP) is 3.13. The SMILES string of the molecule is CCC1COC(C)CN1c1ccccc1[C@@H](O)CC. The zero-order chi connectivity index (χ0) is 13.8. The lowest BCUT2D eigenvalue weighted by Gasteiger charge is -2.41. The van der Waals surface area contributed by atoms with Crippen molar-refractivity contribution < 1.29 is 9.84 Å². The molecule has 0 aromatic heterocycles. The van der Waals surface area contributed by atoms with Gasteiger partial charge in [-0.05, 0) is 25.8 Å². The molecule has 1 saturated heterocycles. The molecule has 1 N–H and O–H groups in total. The van der Waals surface area contributed by atoms with Gasteiger partial charge in [0.15, 0.2) is 0 Å². The van der Waals surface area contributed by atoms with Crippen molar-refractivity contribution in [2.45, 2.75) is 51.9 Å². The van der Waals surface area contributed by atoms with Crippen molar-refractivity contribution >= 4 is 5.69 Å².